The van der Waals surface area contributed by atoms with Crippen LogP contribution in [-0.4, -0.2) is 66.6 Å². The zero-order valence-corrected chi connectivity index (χ0v) is 26.6. The van der Waals surface area contributed by atoms with E-state index in [0.717, 1.165) is 60.5 Å². The van der Waals surface area contributed by atoms with E-state index in [-0.39, 0.29) is 23.9 Å². The van der Waals surface area contributed by atoms with Crippen molar-refractivity contribution in [3.63, 3.8) is 0 Å². The molecule has 2 aliphatic heterocycles. The molecule has 1 unspecified atom stereocenters. The van der Waals surface area contributed by atoms with Crippen molar-refractivity contribution in [3.8, 4) is 22.4 Å². The molecule has 3 aromatic heterocycles. The van der Waals surface area contributed by atoms with Gasteiger partial charge in [-0.3, -0.25) is 24.8 Å². The summed E-state index contributed by atoms with van der Waals surface area (Å²) < 4.78 is 16.5. The standard InChI is InChI=1S/C36H35FN8O4/c37-29-15-25(5-6-26(29)17-39-36(48)49)34-32-16-27(20-45(32)41-21-40-34)23-3-1-22(2-4-23)19-44-13-11-24(12-14-44)30-8-7-28(18-38-30)42-31-9-10-33(46)43-35(31)47/h1-8,15-16,18,20-21,24,31,39,42H,9-14,17,19H2,(H,48,49)(H,43,46,47). The number of aromatic nitrogens is 4. The van der Waals surface area contributed by atoms with Crippen molar-refractivity contribution in [2.24, 2.45) is 0 Å². The van der Waals surface area contributed by atoms with Crippen LogP contribution in [-0.2, 0) is 22.7 Å². The van der Waals surface area contributed by atoms with Gasteiger partial charge in [-0.1, -0.05) is 36.4 Å². The number of nitrogens with one attached hydrogen (secondary N) is 3. The lowest BCUT2D eigenvalue weighted by molar-refractivity contribution is -0.133. The van der Waals surface area contributed by atoms with Crippen molar-refractivity contribution < 1.29 is 23.9 Å². The Kier molecular flexibility index (Phi) is 8.99. The van der Waals surface area contributed by atoms with E-state index in [0.29, 0.717) is 30.0 Å². The first kappa shape index (κ1) is 31.9. The fraction of sp³-hybridized carbons (Fsp3) is 0.278. The second kappa shape index (κ2) is 13.8. The maximum Gasteiger partial charge on any atom is 0.404 e. The van der Waals surface area contributed by atoms with Crippen molar-refractivity contribution >= 4 is 29.1 Å². The minimum atomic E-state index is -1.21. The summed E-state index contributed by atoms with van der Waals surface area (Å²) >= 11 is 0. The number of hydrogen-bond acceptors (Lipinski definition) is 8. The molecule has 2 aliphatic rings. The number of halogens is 1. The summed E-state index contributed by atoms with van der Waals surface area (Å²) in [6, 6.07) is 18.7. The molecular formula is C36H35FN8O4. The average molecular weight is 663 g/mol. The van der Waals surface area contributed by atoms with Gasteiger partial charge in [0.05, 0.1) is 23.1 Å². The Morgan fingerprint density at radius 3 is 2.47 bits per heavy atom. The van der Waals surface area contributed by atoms with Crippen LogP contribution in [0.1, 0.15) is 48.4 Å². The lowest BCUT2D eigenvalue weighted by Gasteiger charge is -2.31. The van der Waals surface area contributed by atoms with E-state index < -0.39 is 18.0 Å². The van der Waals surface area contributed by atoms with Crippen molar-refractivity contribution in [3.05, 3.63) is 102 Å². The summed E-state index contributed by atoms with van der Waals surface area (Å²) in [5.74, 6) is -0.656. The molecule has 0 aliphatic carbocycles. The SMILES string of the molecule is O=C(O)NCc1ccc(-c2ncnn3cc(-c4ccc(CN5CCC(c6ccc(NC7CCC(=O)NC7=O)cn6)CC5)cc4)cc23)cc1F. The molecule has 5 aromatic rings. The third-order valence-corrected chi connectivity index (χ3v) is 9.23. The maximum absolute atomic E-state index is 14.7. The number of rotatable bonds is 9. The first-order valence-electron chi connectivity index (χ1n) is 16.3. The van der Waals surface area contributed by atoms with Crippen molar-refractivity contribution in [2.75, 3.05) is 18.4 Å². The molecule has 0 saturated carbocycles. The van der Waals surface area contributed by atoms with E-state index in [4.69, 9.17) is 5.11 Å². The summed E-state index contributed by atoms with van der Waals surface area (Å²) in [6.07, 6.45) is 6.75. The van der Waals surface area contributed by atoms with Crippen LogP contribution in [0.3, 0.4) is 0 Å². The number of piperidine rings is 2. The van der Waals surface area contributed by atoms with Crippen LogP contribution in [0.25, 0.3) is 27.9 Å². The van der Waals surface area contributed by atoms with E-state index in [1.165, 1.54) is 18.0 Å². The molecule has 250 valence electrons. The maximum atomic E-state index is 14.7. The number of carbonyl (C=O) groups is 3. The third kappa shape index (κ3) is 7.26. The fourth-order valence-electron chi connectivity index (χ4n) is 6.53. The highest BCUT2D eigenvalue weighted by Gasteiger charge is 2.27. The number of amides is 3. The molecule has 1 atom stereocenters. The first-order chi connectivity index (χ1) is 23.8. The predicted octanol–water partition coefficient (Wildman–Crippen LogP) is 4.96. The van der Waals surface area contributed by atoms with E-state index in [9.17, 15) is 18.8 Å². The van der Waals surface area contributed by atoms with Gasteiger partial charge in [0.1, 0.15) is 18.2 Å². The number of imide groups is 1. The van der Waals surface area contributed by atoms with Gasteiger partial charge in [0, 0.05) is 54.0 Å². The van der Waals surface area contributed by atoms with Crippen molar-refractivity contribution in [1.82, 2.24) is 35.1 Å². The molecule has 0 radical (unpaired) electrons. The second-order valence-electron chi connectivity index (χ2n) is 12.5. The quantitative estimate of drug-likeness (QED) is 0.160. The molecule has 49 heavy (non-hydrogen) atoms. The van der Waals surface area contributed by atoms with Crippen LogP contribution in [0, 0.1) is 5.82 Å². The molecular weight excluding hydrogens is 627 g/mol. The first-order valence-corrected chi connectivity index (χ1v) is 16.3. The molecule has 0 spiro atoms. The van der Waals surface area contributed by atoms with Crippen molar-refractivity contribution in [1.29, 1.82) is 0 Å². The number of fused-ring (bicyclic) bond motifs is 1. The smallest absolute Gasteiger partial charge is 0.404 e. The second-order valence-corrected chi connectivity index (χ2v) is 12.5. The topological polar surface area (TPSA) is 154 Å². The van der Waals surface area contributed by atoms with E-state index in [1.54, 1.807) is 22.8 Å². The van der Waals surface area contributed by atoms with Gasteiger partial charge in [-0.25, -0.2) is 18.7 Å². The molecule has 12 nitrogen and oxygen atoms in total. The Hall–Kier alpha value is -5.69. The molecule has 2 fully saturated rings. The van der Waals surface area contributed by atoms with Crippen LogP contribution in [0.2, 0.25) is 0 Å². The van der Waals surface area contributed by atoms with Gasteiger partial charge in [0.15, 0.2) is 0 Å². The molecule has 3 amide bonds. The molecule has 4 N–H and O–H groups in total. The lowest BCUT2D eigenvalue weighted by Crippen LogP contribution is -2.47. The number of likely N-dealkylation sites (tertiary alicyclic amines) is 1. The Labute approximate surface area is 281 Å². The number of carbonyl (C=O) groups excluding carboxylic acids is 2. The summed E-state index contributed by atoms with van der Waals surface area (Å²) in [6.45, 7) is 2.67. The van der Waals surface area contributed by atoms with Gasteiger partial charge in [-0.2, -0.15) is 5.10 Å². The molecule has 5 heterocycles. The molecule has 2 saturated heterocycles. The number of benzene rings is 2. The molecule has 7 rings (SSSR count). The Balaban J connectivity index is 0.949. The number of carboxylic acid groups (broad SMARTS) is 1. The summed E-state index contributed by atoms with van der Waals surface area (Å²) in [5.41, 5.74) is 7.17. The lowest BCUT2D eigenvalue weighted by atomic mass is 9.92. The molecule has 0 bridgehead atoms. The largest absolute Gasteiger partial charge is 0.465 e. The van der Waals surface area contributed by atoms with Gasteiger partial charge in [0.2, 0.25) is 11.8 Å². The van der Waals surface area contributed by atoms with Crippen LogP contribution in [0.4, 0.5) is 14.9 Å². The average Bonchev–Trinajstić information content (AvgIpc) is 3.55. The van der Waals surface area contributed by atoms with Crippen LogP contribution < -0.4 is 16.0 Å². The highest BCUT2D eigenvalue weighted by Crippen LogP contribution is 2.31. The molecule has 13 heteroatoms. The Morgan fingerprint density at radius 2 is 1.76 bits per heavy atom. The van der Waals surface area contributed by atoms with Crippen LogP contribution >= 0.6 is 0 Å². The van der Waals surface area contributed by atoms with Crippen LogP contribution in [0.5, 0.6) is 0 Å². The molecule has 2 aromatic carbocycles. The summed E-state index contributed by atoms with van der Waals surface area (Å²) in [7, 11) is 0. The van der Waals surface area contributed by atoms with E-state index >= 15 is 0 Å². The number of pyridine rings is 1. The number of nitrogens with zero attached hydrogens (tertiary/aromatic N) is 5. The van der Waals surface area contributed by atoms with Gasteiger partial charge >= 0.3 is 6.09 Å². The highest BCUT2D eigenvalue weighted by molar-refractivity contribution is 6.01. The van der Waals surface area contributed by atoms with E-state index in [1.807, 2.05) is 24.4 Å². The fourth-order valence-corrected chi connectivity index (χ4v) is 6.53. The summed E-state index contributed by atoms with van der Waals surface area (Å²) in [4.78, 5) is 45.8. The zero-order chi connectivity index (χ0) is 33.9. The third-order valence-electron chi connectivity index (χ3n) is 9.23. The van der Waals surface area contributed by atoms with Gasteiger partial charge in [0.25, 0.3) is 0 Å². The van der Waals surface area contributed by atoms with Crippen molar-refractivity contribution in [2.45, 2.75) is 50.7 Å². The highest BCUT2D eigenvalue weighted by atomic mass is 19.1. The van der Waals surface area contributed by atoms with Gasteiger partial charge in [-0.05, 0) is 67.7 Å². The number of hydrogen-bond donors (Lipinski definition) is 4. The minimum absolute atomic E-state index is 0.120. The predicted molar refractivity (Wildman–Crippen MR) is 180 cm³/mol. The van der Waals surface area contributed by atoms with Gasteiger partial charge < -0.3 is 15.7 Å². The van der Waals surface area contributed by atoms with E-state index in [2.05, 4.69) is 60.2 Å². The van der Waals surface area contributed by atoms with Crippen LogP contribution in [0.15, 0.2) is 79.4 Å². The zero-order valence-electron chi connectivity index (χ0n) is 26.6. The summed E-state index contributed by atoms with van der Waals surface area (Å²) in [5, 5.41) is 20.9. The minimum Gasteiger partial charge on any atom is -0.465 e. The van der Waals surface area contributed by atoms with Gasteiger partial charge in [-0.15, -0.1) is 0 Å². The Bertz CT molecular complexity index is 2010. The number of anilines is 1. The Morgan fingerprint density at radius 1 is 0.959 bits per heavy atom. The normalized spacial score (nSPS) is 17.2. The monoisotopic (exact) mass is 662 g/mol.